The third-order valence-corrected chi connectivity index (χ3v) is 4.78. The second-order valence-corrected chi connectivity index (χ2v) is 7.18. The molecule has 1 atom stereocenters. The summed E-state index contributed by atoms with van der Waals surface area (Å²) in [6.45, 7) is 15.0. The van der Waals surface area contributed by atoms with Gasteiger partial charge in [-0.3, -0.25) is 14.5 Å². The molecule has 0 aliphatic carbocycles. The second-order valence-electron chi connectivity index (χ2n) is 7.18. The van der Waals surface area contributed by atoms with Gasteiger partial charge in [-0.1, -0.05) is 18.6 Å². The first-order chi connectivity index (χ1) is 11.5. The molecule has 1 N–H and O–H groups in total. The van der Waals surface area contributed by atoms with E-state index in [9.17, 15) is 5.11 Å². The van der Waals surface area contributed by atoms with E-state index in [-0.39, 0.29) is 6.61 Å². The number of aliphatic hydroxyl groups excluding tert-OH is 1. The summed E-state index contributed by atoms with van der Waals surface area (Å²) in [4.78, 5) is 5.02. The quantitative estimate of drug-likeness (QED) is 0.742. The molecule has 5 heteroatoms. The van der Waals surface area contributed by atoms with Crippen molar-refractivity contribution in [2.75, 3.05) is 32.8 Å². The highest BCUT2D eigenvalue weighted by Gasteiger charge is 2.26. The van der Waals surface area contributed by atoms with E-state index in [1.54, 1.807) is 0 Å². The zero-order valence-electron chi connectivity index (χ0n) is 15.8. The van der Waals surface area contributed by atoms with Crippen LogP contribution in [-0.4, -0.2) is 63.5 Å². The van der Waals surface area contributed by atoms with Crippen molar-refractivity contribution in [3.05, 3.63) is 29.1 Å². The van der Waals surface area contributed by atoms with Crippen molar-refractivity contribution in [1.82, 2.24) is 19.6 Å². The van der Waals surface area contributed by atoms with Gasteiger partial charge in [-0.15, -0.1) is 0 Å². The van der Waals surface area contributed by atoms with E-state index in [4.69, 9.17) is 0 Å². The highest BCUT2D eigenvalue weighted by molar-refractivity contribution is 5.15. The molecular formula is C19H34N4O. The Morgan fingerprint density at radius 1 is 1.38 bits per heavy atom. The number of hydrogen-bond acceptors (Lipinski definition) is 4. The SMILES string of the molecule is CCCn1cc(CN2CCN(CC=C(C)C)[C@H](CCO)C2)c(C)n1. The van der Waals surface area contributed by atoms with Crippen LogP contribution in [0.25, 0.3) is 0 Å². The van der Waals surface area contributed by atoms with E-state index in [1.807, 2.05) is 0 Å². The van der Waals surface area contributed by atoms with E-state index >= 15 is 0 Å². The zero-order chi connectivity index (χ0) is 17.5. The van der Waals surface area contributed by atoms with Gasteiger partial charge in [0.25, 0.3) is 0 Å². The van der Waals surface area contributed by atoms with Crippen molar-refractivity contribution in [3.8, 4) is 0 Å². The van der Waals surface area contributed by atoms with Crippen LogP contribution in [0.3, 0.4) is 0 Å². The van der Waals surface area contributed by atoms with Crippen LogP contribution >= 0.6 is 0 Å². The first-order valence-corrected chi connectivity index (χ1v) is 9.27. The summed E-state index contributed by atoms with van der Waals surface area (Å²) in [5.41, 5.74) is 3.84. The van der Waals surface area contributed by atoms with Crippen molar-refractivity contribution < 1.29 is 5.11 Å². The van der Waals surface area contributed by atoms with Gasteiger partial charge in [-0.05, 0) is 33.6 Å². The molecule has 1 aliphatic rings. The molecule has 1 fully saturated rings. The first-order valence-electron chi connectivity index (χ1n) is 9.27. The third kappa shape index (κ3) is 5.43. The Morgan fingerprint density at radius 3 is 2.83 bits per heavy atom. The minimum atomic E-state index is 0.261. The van der Waals surface area contributed by atoms with Gasteiger partial charge in [0.05, 0.1) is 5.69 Å². The molecule has 136 valence electrons. The molecule has 0 radical (unpaired) electrons. The molecule has 2 heterocycles. The van der Waals surface area contributed by atoms with Crippen LogP contribution in [0.1, 0.15) is 44.9 Å². The summed E-state index contributed by atoms with van der Waals surface area (Å²) in [5.74, 6) is 0. The molecular weight excluding hydrogens is 300 g/mol. The van der Waals surface area contributed by atoms with Crippen molar-refractivity contribution >= 4 is 0 Å². The molecule has 1 aromatic rings. The number of piperazine rings is 1. The molecule has 24 heavy (non-hydrogen) atoms. The summed E-state index contributed by atoms with van der Waals surface area (Å²) in [6, 6.07) is 0.436. The number of aromatic nitrogens is 2. The first kappa shape index (κ1) is 19.2. The Balaban J connectivity index is 1.97. The van der Waals surface area contributed by atoms with Crippen LogP contribution in [0.2, 0.25) is 0 Å². The molecule has 2 rings (SSSR count). The maximum atomic E-state index is 9.42. The number of hydrogen-bond donors (Lipinski definition) is 1. The minimum Gasteiger partial charge on any atom is -0.396 e. The lowest BCUT2D eigenvalue weighted by Gasteiger charge is -2.41. The van der Waals surface area contributed by atoms with Gasteiger partial charge in [0.15, 0.2) is 0 Å². The highest BCUT2D eigenvalue weighted by Crippen LogP contribution is 2.17. The Labute approximate surface area is 146 Å². The van der Waals surface area contributed by atoms with Gasteiger partial charge in [0.2, 0.25) is 0 Å². The van der Waals surface area contributed by atoms with Crippen molar-refractivity contribution in [2.24, 2.45) is 0 Å². The average Bonchev–Trinajstić information content (AvgIpc) is 2.87. The summed E-state index contributed by atoms with van der Waals surface area (Å²) in [7, 11) is 0. The number of rotatable bonds is 8. The van der Waals surface area contributed by atoms with Gasteiger partial charge in [-0.2, -0.15) is 5.10 Å². The lowest BCUT2D eigenvalue weighted by Crippen LogP contribution is -2.53. The number of allylic oxidation sites excluding steroid dienone is 1. The standard InChI is InChI=1S/C19H34N4O/c1-5-8-23-14-18(17(4)20-23)13-21-10-11-22(9-6-16(2)3)19(15-21)7-12-24/h6,14,19,24H,5,7-13,15H2,1-4H3/t19-/m1/s1. The molecule has 0 unspecified atom stereocenters. The van der Waals surface area contributed by atoms with Crippen LogP contribution in [0.5, 0.6) is 0 Å². The molecule has 1 aromatic heterocycles. The monoisotopic (exact) mass is 334 g/mol. The fourth-order valence-corrected chi connectivity index (χ4v) is 3.36. The predicted octanol–water partition coefficient (Wildman–Crippen LogP) is 2.44. The van der Waals surface area contributed by atoms with E-state index in [0.29, 0.717) is 6.04 Å². The Bertz CT molecular complexity index is 533. The number of aliphatic hydroxyl groups is 1. The molecule has 0 spiro atoms. The van der Waals surface area contributed by atoms with Crippen LogP contribution < -0.4 is 0 Å². The summed E-state index contributed by atoms with van der Waals surface area (Å²) in [5, 5.41) is 14.0. The smallest absolute Gasteiger partial charge is 0.0638 e. The zero-order valence-corrected chi connectivity index (χ0v) is 15.8. The second kappa shape index (κ2) is 9.35. The van der Waals surface area contributed by atoms with Gasteiger partial charge in [0, 0.05) is 63.7 Å². The summed E-state index contributed by atoms with van der Waals surface area (Å²) in [6.07, 6.45) is 6.46. The van der Waals surface area contributed by atoms with Gasteiger partial charge in [0.1, 0.15) is 0 Å². The normalized spacial score (nSPS) is 19.6. The van der Waals surface area contributed by atoms with Crippen molar-refractivity contribution in [3.63, 3.8) is 0 Å². The fraction of sp³-hybridized carbons (Fsp3) is 0.737. The van der Waals surface area contributed by atoms with Gasteiger partial charge >= 0.3 is 0 Å². The molecule has 1 saturated heterocycles. The summed E-state index contributed by atoms with van der Waals surface area (Å²) < 4.78 is 2.07. The molecule has 1 aliphatic heterocycles. The fourth-order valence-electron chi connectivity index (χ4n) is 3.36. The van der Waals surface area contributed by atoms with E-state index in [0.717, 1.165) is 57.8 Å². The maximum Gasteiger partial charge on any atom is 0.0638 e. The topological polar surface area (TPSA) is 44.5 Å². The van der Waals surface area contributed by atoms with Gasteiger partial charge in [-0.25, -0.2) is 0 Å². The van der Waals surface area contributed by atoms with E-state index in [1.165, 1.54) is 11.1 Å². The lowest BCUT2D eigenvalue weighted by molar-refractivity contribution is 0.0635. The van der Waals surface area contributed by atoms with Crippen LogP contribution in [0.4, 0.5) is 0 Å². The Hall–Kier alpha value is -1.17. The predicted molar refractivity (Wildman–Crippen MR) is 99.0 cm³/mol. The van der Waals surface area contributed by atoms with Crippen LogP contribution in [0, 0.1) is 6.92 Å². The average molecular weight is 335 g/mol. The number of aryl methyl sites for hydroxylation is 2. The Kier molecular flexibility index (Phi) is 7.46. The third-order valence-electron chi connectivity index (χ3n) is 4.78. The van der Waals surface area contributed by atoms with E-state index < -0.39 is 0 Å². The van der Waals surface area contributed by atoms with E-state index in [2.05, 4.69) is 59.5 Å². The summed E-state index contributed by atoms with van der Waals surface area (Å²) >= 11 is 0. The van der Waals surface area contributed by atoms with Crippen molar-refractivity contribution in [2.45, 2.75) is 59.7 Å². The molecule has 5 nitrogen and oxygen atoms in total. The highest BCUT2D eigenvalue weighted by atomic mass is 16.3. The molecule has 0 amide bonds. The van der Waals surface area contributed by atoms with Crippen LogP contribution in [-0.2, 0) is 13.1 Å². The largest absolute Gasteiger partial charge is 0.396 e. The minimum absolute atomic E-state index is 0.261. The van der Waals surface area contributed by atoms with Crippen LogP contribution in [0.15, 0.2) is 17.8 Å². The molecule has 0 saturated carbocycles. The Morgan fingerprint density at radius 2 is 2.17 bits per heavy atom. The molecule has 0 aromatic carbocycles. The van der Waals surface area contributed by atoms with Crippen molar-refractivity contribution in [1.29, 1.82) is 0 Å². The maximum absolute atomic E-state index is 9.42. The lowest BCUT2D eigenvalue weighted by atomic mass is 10.1. The number of nitrogens with zero attached hydrogens (tertiary/aromatic N) is 4. The molecule has 0 bridgehead atoms. The van der Waals surface area contributed by atoms with Gasteiger partial charge < -0.3 is 5.11 Å².